The second-order valence-electron chi connectivity index (χ2n) is 3.18. The number of alkyl halides is 1. The van der Waals surface area contributed by atoms with Gasteiger partial charge in [-0.05, 0) is 12.3 Å². The van der Waals surface area contributed by atoms with Crippen LogP contribution in [0.1, 0.15) is 33.6 Å². The molecule has 12 heavy (non-hydrogen) atoms. The molecule has 0 aromatic rings. The minimum atomic E-state index is -0.780. The Balaban J connectivity index is 4.20. The van der Waals surface area contributed by atoms with E-state index in [4.69, 9.17) is 16.7 Å². The Labute approximate surface area is 78.9 Å². The molecule has 0 rings (SSSR count). The molecule has 0 aromatic carbocycles. The van der Waals surface area contributed by atoms with E-state index < -0.39 is 11.9 Å². The number of hydrogen-bond acceptors (Lipinski definition) is 1. The summed E-state index contributed by atoms with van der Waals surface area (Å²) < 4.78 is 0. The van der Waals surface area contributed by atoms with Crippen LogP contribution in [-0.2, 0) is 4.79 Å². The fourth-order valence-corrected chi connectivity index (χ4v) is 1.62. The van der Waals surface area contributed by atoms with E-state index in [0.29, 0.717) is 6.42 Å². The number of hydrogen-bond donors (Lipinski definition) is 1. The van der Waals surface area contributed by atoms with Gasteiger partial charge in [0.1, 0.15) is 0 Å². The van der Waals surface area contributed by atoms with E-state index in [-0.39, 0.29) is 11.3 Å². The van der Waals surface area contributed by atoms with Crippen molar-refractivity contribution in [3.63, 3.8) is 0 Å². The molecule has 0 aliphatic heterocycles. The standard InChI is InChI=1S/C9H17ClO2/c1-4-6(3)8(10)7(5-2)9(11)12/h6-8H,4-5H2,1-3H3,(H,11,12). The predicted octanol–water partition coefficient (Wildman–Crippen LogP) is 2.75. The van der Waals surface area contributed by atoms with Gasteiger partial charge in [0.25, 0.3) is 0 Å². The summed E-state index contributed by atoms with van der Waals surface area (Å²) in [5.41, 5.74) is 0. The summed E-state index contributed by atoms with van der Waals surface area (Å²) in [4.78, 5) is 10.7. The summed E-state index contributed by atoms with van der Waals surface area (Å²) in [7, 11) is 0. The Kier molecular flexibility index (Phi) is 5.31. The van der Waals surface area contributed by atoms with E-state index in [0.717, 1.165) is 6.42 Å². The fourth-order valence-electron chi connectivity index (χ4n) is 1.16. The zero-order valence-corrected chi connectivity index (χ0v) is 8.64. The van der Waals surface area contributed by atoms with Crippen molar-refractivity contribution < 1.29 is 9.90 Å². The third-order valence-electron chi connectivity index (χ3n) is 2.33. The lowest BCUT2D eigenvalue weighted by molar-refractivity contribution is -0.142. The molecule has 3 atom stereocenters. The molecule has 2 nitrogen and oxygen atoms in total. The molecule has 0 radical (unpaired) electrons. The lowest BCUT2D eigenvalue weighted by atomic mass is 9.91. The zero-order valence-electron chi connectivity index (χ0n) is 7.88. The molecule has 0 fully saturated rings. The van der Waals surface area contributed by atoms with Gasteiger partial charge in [-0.15, -0.1) is 11.6 Å². The highest BCUT2D eigenvalue weighted by atomic mass is 35.5. The fraction of sp³-hybridized carbons (Fsp3) is 0.889. The third kappa shape index (κ3) is 3.02. The maximum atomic E-state index is 10.7. The number of rotatable bonds is 5. The van der Waals surface area contributed by atoms with Crippen LogP contribution in [0.3, 0.4) is 0 Å². The van der Waals surface area contributed by atoms with Gasteiger partial charge in [-0.25, -0.2) is 0 Å². The molecule has 0 heterocycles. The van der Waals surface area contributed by atoms with Crippen LogP contribution in [0, 0.1) is 11.8 Å². The molecule has 3 unspecified atom stereocenters. The molecule has 72 valence electrons. The van der Waals surface area contributed by atoms with E-state index in [1.165, 1.54) is 0 Å². The normalized spacial score (nSPS) is 18.3. The SMILES string of the molecule is CCC(C)C(Cl)C(CC)C(=O)O. The average molecular weight is 193 g/mol. The van der Waals surface area contributed by atoms with Gasteiger partial charge in [0, 0.05) is 5.38 Å². The molecule has 0 aliphatic carbocycles. The quantitative estimate of drug-likeness (QED) is 0.681. The predicted molar refractivity (Wildman–Crippen MR) is 50.5 cm³/mol. The summed E-state index contributed by atoms with van der Waals surface area (Å²) in [6.45, 7) is 5.87. The van der Waals surface area contributed by atoms with Gasteiger partial charge in [0.15, 0.2) is 0 Å². The van der Waals surface area contributed by atoms with Crippen molar-refractivity contribution in [2.24, 2.45) is 11.8 Å². The highest BCUT2D eigenvalue weighted by molar-refractivity contribution is 6.22. The van der Waals surface area contributed by atoms with Gasteiger partial charge in [0.05, 0.1) is 5.92 Å². The van der Waals surface area contributed by atoms with Crippen LogP contribution in [0.5, 0.6) is 0 Å². The first kappa shape index (κ1) is 11.8. The van der Waals surface area contributed by atoms with Crippen molar-refractivity contribution in [1.82, 2.24) is 0 Å². The van der Waals surface area contributed by atoms with Gasteiger partial charge < -0.3 is 5.11 Å². The van der Waals surface area contributed by atoms with Crippen molar-refractivity contribution in [1.29, 1.82) is 0 Å². The molecule has 0 spiro atoms. The molecule has 0 aliphatic rings. The van der Waals surface area contributed by atoms with Crippen molar-refractivity contribution in [3.8, 4) is 0 Å². The van der Waals surface area contributed by atoms with Crippen molar-refractivity contribution >= 4 is 17.6 Å². The molecule has 0 aromatic heterocycles. The van der Waals surface area contributed by atoms with Gasteiger partial charge >= 0.3 is 5.97 Å². The van der Waals surface area contributed by atoms with Gasteiger partial charge in [0.2, 0.25) is 0 Å². The molecule has 0 saturated carbocycles. The minimum absolute atomic E-state index is 0.238. The van der Waals surface area contributed by atoms with E-state index >= 15 is 0 Å². The van der Waals surface area contributed by atoms with Crippen LogP contribution in [-0.4, -0.2) is 16.5 Å². The van der Waals surface area contributed by atoms with E-state index in [1.807, 2.05) is 20.8 Å². The minimum Gasteiger partial charge on any atom is -0.481 e. The molecule has 1 N–H and O–H groups in total. The van der Waals surface area contributed by atoms with Gasteiger partial charge in [-0.2, -0.15) is 0 Å². The second kappa shape index (κ2) is 5.41. The summed E-state index contributed by atoms with van der Waals surface area (Å²) in [6, 6.07) is 0. The maximum absolute atomic E-state index is 10.7. The number of carboxylic acids is 1. The van der Waals surface area contributed by atoms with Crippen molar-refractivity contribution in [3.05, 3.63) is 0 Å². The highest BCUT2D eigenvalue weighted by Crippen LogP contribution is 2.24. The lowest BCUT2D eigenvalue weighted by Crippen LogP contribution is -2.28. The van der Waals surface area contributed by atoms with Gasteiger partial charge in [-0.3, -0.25) is 4.79 Å². The second-order valence-corrected chi connectivity index (χ2v) is 3.69. The number of aliphatic carboxylic acids is 1. The molecule has 0 saturated heterocycles. The van der Waals surface area contributed by atoms with E-state index in [2.05, 4.69) is 0 Å². The maximum Gasteiger partial charge on any atom is 0.307 e. The molecule has 0 amide bonds. The third-order valence-corrected chi connectivity index (χ3v) is 3.06. The monoisotopic (exact) mass is 192 g/mol. The zero-order chi connectivity index (χ0) is 9.72. The van der Waals surface area contributed by atoms with Crippen molar-refractivity contribution in [2.45, 2.75) is 39.0 Å². The largest absolute Gasteiger partial charge is 0.481 e. The van der Waals surface area contributed by atoms with E-state index in [1.54, 1.807) is 0 Å². The van der Waals surface area contributed by atoms with Crippen LogP contribution >= 0.6 is 11.6 Å². The average Bonchev–Trinajstić information content (AvgIpc) is 2.03. The lowest BCUT2D eigenvalue weighted by Gasteiger charge is -2.21. The summed E-state index contributed by atoms with van der Waals surface area (Å²) in [5, 5.41) is 8.57. The first-order chi connectivity index (χ1) is 5.54. The Morgan fingerprint density at radius 1 is 1.42 bits per heavy atom. The molecule has 3 heteroatoms. The first-order valence-electron chi connectivity index (χ1n) is 4.41. The molecule has 0 bridgehead atoms. The van der Waals surface area contributed by atoms with Crippen LogP contribution < -0.4 is 0 Å². The Morgan fingerprint density at radius 2 is 1.92 bits per heavy atom. The van der Waals surface area contributed by atoms with Crippen LogP contribution in [0.15, 0.2) is 0 Å². The first-order valence-corrected chi connectivity index (χ1v) is 4.85. The van der Waals surface area contributed by atoms with Gasteiger partial charge in [-0.1, -0.05) is 27.2 Å². The summed E-state index contributed by atoms with van der Waals surface area (Å²) in [6.07, 6.45) is 1.53. The van der Waals surface area contributed by atoms with Crippen LogP contribution in [0.2, 0.25) is 0 Å². The number of halogens is 1. The van der Waals surface area contributed by atoms with Crippen LogP contribution in [0.4, 0.5) is 0 Å². The van der Waals surface area contributed by atoms with Crippen LogP contribution in [0.25, 0.3) is 0 Å². The number of carbonyl (C=O) groups is 1. The topological polar surface area (TPSA) is 37.3 Å². The molecular formula is C9H17ClO2. The molecular weight excluding hydrogens is 176 g/mol. The Hall–Kier alpha value is -0.240. The summed E-state index contributed by atoms with van der Waals surface area (Å²) >= 11 is 6.01. The smallest absolute Gasteiger partial charge is 0.307 e. The van der Waals surface area contributed by atoms with E-state index in [9.17, 15) is 4.79 Å². The Bertz CT molecular complexity index is 147. The highest BCUT2D eigenvalue weighted by Gasteiger charge is 2.27. The summed E-state index contributed by atoms with van der Waals surface area (Å²) in [5.74, 6) is -0.910. The number of carboxylic acid groups (broad SMARTS) is 1. The van der Waals surface area contributed by atoms with Crippen molar-refractivity contribution in [2.75, 3.05) is 0 Å². The Morgan fingerprint density at radius 3 is 2.17 bits per heavy atom.